The summed E-state index contributed by atoms with van der Waals surface area (Å²) in [5.74, 6) is 0.764. The molecule has 2 atom stereocenters. The predicted octanol–water partition coefficient (Wildman–Crippen LogP) is 0.770. The number of fused-ring (bicyclic) bond motifs is 1. The molecule has 11 nitrogen and oxygen atoms in total. The third kappa shape index (κ3) is 3.75. The number of nitrogens with one attached hydrogen (secondary N) is 1. The lowest BCUT2D eigenvalue weighted by atomic mass is 10.2. The predicted molar refractivity (Wildman–Crippen MR) is 87.5 cm³/mol. The minimum atomic E-state index is -4.50. The van der Waals surface area contributed by atoms with Crippen LogP contribution >= 0.6 is 7.82 Å². The standard InChI is InChI=1S/C13H19N6O5P/c14-13-17-11(16-7-1-2-7)10-12(18-13)19(6-15-10)9-4-3-8(24-9)5-23-25(20,21)22/h6-9H,1-5H2,(H2,20,21,22)(H3,14,16,17,18)/t8-,9+/m0/s1. The lowest BCUT2D eigenvalue weighted by molar-refractivity contribution is -0.0205. The van der Waals surface area contributed by atoms with Crippen molar-refractivity contribution >= 4 is 30.8 Å². The van der Waals surface area contributed by atoms with Gasteiger partial charge < -0.3 is 25.6 Å². The monoisotopic (exact) mass is 370 g/mol. The Hall–Kier alpha value is -1.78. The van der Waals surface area contributed by atoms with Crippen LogP contribution in [0.2, 0.25) is 0 Å². The number of nitrogens with two attached hydrogens (primary N) is 1. The minimum absolute atomic E-state index is 0.150. The van der Waals surface area contributed by atoms with Crippen molar-refractivity contribution < 1.29 is 23.6 Å². The van der Waals surface area contributed by atoms with Crippen molar-refractivity contribution in [3.63, 3.8) is 0 Å². The Kier molecular flexibility index (Phi) is 4.13. The van der Waals surface area contributed by atoms with Crippen LogP contribution in [0.1, 0.15) is 31.9 Å². The SMILES string of the molecule is Nc1nc(NC2CC2)c2ncn([C@H]3CC[C@@H](COP(=O)(O)O)O3)c2n1. The van der Waals surface area contributed by atoms with E-state index in [0.717, 1.165) is 12.8 Å². The molecule has 1 saturated heterocycles. The molecule has 0 aromatic carbocycles. The highest BCUT2D eigenvalue weighted by Gasteiger charge is 2.31. The molecular weight excluding hydrogens is 351 g/mol. The third-order valence-electron chi connectivity index (χ3n) is 4.18. The van der Waals surface area contributed by atoms with Gasteiger partial charge in [-0.05, 0) is 25.7 Å². The summed E-state index contributed by atoms with van der Waals surface area (Å²) in [7, 11) is -4.50. The Morgan fingerprint density at radius 1 is 1.36 bits per heavy atom. The molecule has 2 aromatic heterocycles. The van der Waals surface area contributed by atoms with E-state index >= 15 is 0 Å². The number of hydrogen-bond acceptors (Lipinski definition) is 8. The maximum Gasteiger partial charge on any atom is 0.469 e. The fourth-order valence-electron chi connectivity index (χ4n) is 2.86. The number of nitrogens with zero attached hydrogens (tertiary/aromatic N) is 4. The third-order valence-corrected chi connectivity index (χ3v) is 4.67. The Bertz CT molecular complexity index is 834. The molecule has 2 aromatic rings. The first kappa shape index (κ1) is 16.7. The number of hydrogen-bond donors (Lipinski definition) is 4. The number of phosphoric acid groups is 1. The molecule has 25 heavy (non-hydrogen) atoms. The molecule has 2 aliphatic rings. The minimum Gasteiger partial charge on any atom is -0.368 e. The van der Waals surface area contributed by atoms with Crippen molar-refractivity contribution in [1.82, 2.24) is 19.5 Å². The summed E-state index contributed by atoms with van der Waals surface area (Å²) < 4.78 is 22.9. The van der Waals surface area contributed by atoms with Crippen molar-refractivity contribution in [2.24, 2.45) is 0 Å². The van der Waals surface area contributed by atoms with Gasteiger partial charge in [0.15, 0.2) is 17.0 Å². The Morgan fingerprint density at radius 3 is 2.88 bits per heavy atom. The van der Waals surface area contributed by atoms with Crippen LogP contribution in [-0.4, -0.2) is 48.1 Å². The van der Waals surface area contributed by atoms with Crippen LogP contribution in [0, 0.1) is 0 Å². The lowest BCUT2D eigenvalue weighted by Crippen LogP contribution is -2.16. The highest BCUT2D eigenvalue weighted by molar-refractivity contribution is 7.46. The van der Waals surface area contributed by atoms with Gasteiger partial charge >= 0.3 is 7.82 Å². The molecule has 2 fully saturated rings. The van der Waals surface area contributed by atoms with Crippen LogP contribution in [0.25, 0.3) is 11.2 Å². The van der Waals surface area contributed by atoms with E-state index in [1.165, 1.54) is 0 Å². The second-order valence-electron chi connectivity index (χ2n) is 6.25. The molecular formula is C13H19N6O5P. The van der Waals surface area contributed by atoms with E-state index in [0.29, 0.717) is 35.9 Å². The molecule has 0 amide bonds. The van der Waals surface area contributed by atoms with Crippen LogP contribution < -0.4 is 11.1 Å². The van der Waals surface area contributed by atoms with Crippen LogP contribution in [0.5, 0.6) is 0 Å². The summed E-state index contributed by atoms with van der Waals surface area (Å²) in [6, 6.07) is 0.402. The Balaban J connectivity index is 1.53. The largest absolute Gasteiger partial charge is 0.469 e. The van der Waals surface area contributed by atoms with Gasteiger partial charge in [-0.15, -0.1) is 0 Å². The highest BCUT2D eigenvalue weighted by Crippen LogP contribution is 2.38. The molecule has 4 rings (SSSR count). The summed E-state index contributed by atoms with van der Waals surface area (Å²) >= 11 is 0. The van der Waals surface area contributed by atoms with Gasteiger partial charge in [0.05, 0.1) is 19.0 Å². The number of phosphoric ester groups is 1. The molecule has 12 heteroatoms. The van der Waals surface area contributed by atoms with E-state index in [-0.39, 0.29) is 18.8 Å². The smallest absolute Gasteiger partial charge is 0.368 e. The molecule has 3 heterocycles. The van der Waals surface area contributed by atoms with E-state index in [1.54, 1.807) is 10.9 Å². The van der Waals surface area contributed by atoms with E-state index in [1.807, 2.05) is 0 Å². The van der Waals surface area contributed by atoms with E-state index < -0.39 is 13.9 Å². The number of imidazole rings is 1. The van der Waals surface area contributed by atoms with Gasteiger partial charge in [0, 0.05) is 6.04 Å². The van der Waals surface area contributed by atoms with E-state index in [2.05, 4.69) is 24.8 Å². The number of rotatable bonds is 6. The van der Waals surface area contributed by atoms with Crippen molar-refractivity contribution in [3.8, 4) is 0 Å². The molecule has 5 N–H and O–H groups in total. The van der Waals surface area contributed by atoms with Gasteiger partial charge in [-0.1, -0.05) is 0 Å². The number of ether oxygens (including phenoxy) is 1. The Morgan fingerprint density at radius 2 is 2.16 bits per heavy atom. The molecule has 1 aliphatic heterocycles. The summed E-state index contributed by atoms with van der Waals surface area (Å²) in [6.45, 7) is -0.168. The lowest BCUT2D eigenvalue weighted by Gasteiger charge is -2.16. The average molecular weight is 370 g/mol. The van der Waals surface area contributed by atoms with Gasteiger partial charge in [-0.2, -0.15) is 9.97 Å². The summed E-state index contributed by atoms with van der Waals surface area (Å²) in [4.78, 5) is 30.5. The topological polar surface area (TPSA) is 158 Å². The van der Waals surface area contributed by atoms with Crippen LogP contribution in [0.15, 0.2) is 6.33 Å². The van der Waals surface area contributed by atoms with Crippen LogP contribution in [-0.2, 0) is 13.8 Å². The maximum atomic E-state index is 10.8. The summed E-state index contributed by atoms with van der Waals surface area (Å²) in [5.41, 5.74) is 7.01. The van der Waals surface area contributed by atoms with Crippen molar-refractivity contribution in [1.29, 1.82) is 0 Å². The first-order valence-electron chi connectivity index (χ1n) is 8.01. The number of nitrogen functional groups attached to an aromatic ring is 1. The van der Waals surface area contributed by atoms with Gasteiger partial charge in [0.2, 0.25) is 5.95 Å². The zero-order valence-electron chi connectivity index (χ0n) is 13.3. The average Bonchev–Trinajstić information content (AvgIpc) is 3.06. The zero-order chi connectivity index (χ0) is 17.6. The number of anilines is 2. The Labute approximate surface area is 142 Å². The summed E-state index contributed by atoms with van der Waals surface area (Å²) in [6.07, 6.45) is 4.32. The van der Waals surface area contributed by atoms with Crippen molar-refractivity contribution in [3.05, 3.63) is 6.33 Å². The van der Waals surface area contributed by atoms with Gasteiger partial charge in [-0.25, -0.2) is 9.55 Å². The second kappa shape index (κ2) is 6.19. The first-order valence-corrected chi connectivity index (χ1v) is 9.54. The molecule has 136 valence electrons. The molecule has 0 bridgehead atoms. The fourth-order valence-corrected chi connectivity index (χ4v) is 3.22. The molecule has 0 unspecified atom stereocenters. The molecule has 1 saturated carbocycles. The second-order valence-corrected chi connectivity index (χ2v) is 7.49. The van der Waals surface area contributed by atoms with E-state index in [4.69, 9.17) is 20.3 Å². The summed E-state index contributed by atoms with van der Waals surface area (Å²) in [5, 5.41) is 3.29. The number of aromatic nitrogens is 4. The molecule has 0 spiro atoms. The first-order chi connectivity index (χ1) is 11.9. The van der Waals surface area contributed by atoms with Gasteiger partial charge in [0.1, 0.15) is 6.23 Å². The van der Waals surface area contributed by atoms with Crippen molar-refractivity contribution in [2.45, 2.75) is 44.1 Å². The van der Waals surface area contributed by atoms with E-state index in [9.17, 15) is 4.57 Å². The highest BCUT2D eigenvalue weighted by atomic mass is 31.2. The molecule has 0 radical (unpaired) electrons. The maximum absolute atomic E-state index is 10.8. The fraction of sp³-hybridized carbons (Fsp3) is 0.615. The molecule has 1 aliphatic carbocycles. The van der Waals surface area contributed by atoms with Crippen LogP contribution in [0.3, 0.4) is 0 Å². The zero-order valence-corrected chi connectivity index (χ0v) is 14.2. The van der Waals surface area contributed by atoms with Crippen LogP contribution in [0.4, 0.5) is 11.8 Å². The quantitative estimate of drug-likeness (QED) is 0.535. The normalized spacial score (nSPS) is 24.1. The van der Waals surface area contributed by atoms with Crippen molar-refractivity contribution in [2.75, 3.05) is 17.7 Å². The van der Waals surface area contributed by atoms with Gasteiger partial charge in [0.25, 0.3) is 0 Å². The van der Waals surface area contributed by atoms with Gasteiger partial charge in [-0.3, -0.25) is 9.09 Å².